The second-order valence-electron chi connectivity index (χ2n) is 7.59. The molecule has 3 N–H and O–H groups in total. The SMILES string of the molecule is I.OC(CN=C(NCCc1ccco1)NC1CCc2ccccc2C1)c1ccncc1. The summed E-state index contributed by atoms with van der Waals surface area (Å²) in [5.41, 5.74) is 3.65. The first-order valence-corrected chi connectivity index (χ1v) is 10.5. The Kier molecular flexibility index (Phi) is 8.90. The van der Waals surface area contributed by atoms with Gasteiger partial charge in [-0.25, -0.2) is 0 Å². The molecule has 0 bridgehead atoms. The fraction of sp³-hybridized carbons (Fsp3) is 0.333. The van der Waals surface area contributed by atoms with Crippen LogP contribution in [-0.2, 0) is 19.3 Å². The molecule has 2 aromatic heterocycles. The van der Waals surface area contributed by atoms with E-state index in [0.717, 1.165) is 43.0 Å². The van der Waals surface area contributed by atoms with Gasteiger partial charge in [-0.3, -0.25) is 9.98 Å². The summed E-state index contributed by atoms with van der Waals surface area (Å²) < 4.78 is 5.41. The van der Waals surface area contributed by atoms with E-state index in [1.165, 1.54) is 11.1 Å². The number of nitrogens with zero attached hydrogens (tertiary/aromatic N) is 2. The van der Waals surface area contributed by atoms with Gasteiger partial charge in [0.05, 0.1) is 18.9 Å². The molecule has 0 amide bonds. The number of guanidine groups is 1. The molecular formula is C24H29IN4O2. The van der Waals surface area contributed by atoms with Crippen LogP contribution in [0.15, 0.2) is 76.6 Å². The molecule has 164 valence electrons. The van der Waals surface area contributed by atoms with E-state index in [1.54, 1.807) is 18.7 Å². The van der Waals surface area contributed by atoms with Crippen LogP contribution in [0.3, 0.4) is 0 Å². The van der Waals surface area contributed by atoms with Crippen molar-refractivity contribution in [2.75, 3.05) is 13.1 Å². The molecule has 0 saturated heterocycles. The minimum atomic E-state index is -0.663. The molecule has 31 heavy (non-hydrogen) atoms. The molecule has 1 aliphatic carbocycles. The number of aliphatic imine (C=N–C) groups is 1. The Labute approximate surface area is 200 Å². The second-order valence-corrected chi connectivity index (χ2v) is 7.59. The number of aliphatic hydroxyl groups excluding tert-OH is 1. The fourth-order valence-electron chi connectivity index (χ4n) is 3.79. The zero-order valence-corrected chi connectivity index (χ0v) is 19.7. The van der Waals surface area contributed by atoms with Crippen molar-refractivity contribution in [1.82, 2.24) is 15.6 Å². The number of benzene rings is 1. The Morgan fingerprint density at radius 1 is 1.13 bits per heavy atom. The van der Waals surface area contributed by atoms with Gasteiger partial charge in [-0.05, 0) is 60.2 Å². The van der Waals surface area contributed by atoms with Gasteiger partial charge in [0.15, 0.2) is 5.96 Å². The van der Waals surface area contributed by atoms with Crippen LogP contribution in [0.25, 0.3) is 0 Å². The number of hydrogen-bond acceptors (Lipinski definition) is 4. The fourth-order valence-corrected chi connectivity index (χ4v) is 3.79. The zero-order chi connectivity index (χ0) is 20.6. The average molecular weight is 532 g/mol. The van der Waals surface area contributed by atoms with E-state index in [1.807, 2.05) is 24.3 Å². The summed E-state index contributed by atoms with van der Waals surface area (Å²) in [6, 6.07) is 16.4. The highest BCUT2D eigenvalue weighted by molar-refractivity contribution is 14.0. The monoisotopic (exact) mass is 532 g/mol. The second kappa shape index (κ2) is 11.9. The number of aromatic nitrogens is 1. The smallest absolute Gasteiger partial charge is 0.191 e. The highest BCUT2D eigenvalue weighted by atomic mass is 127. The third-order valence-electron chi connectivity index (χ3n) is 5.44. The quantitative estimate of drug-likeness (QED) is 0.246. The van der Waals surface area contributed by atoms with Crippen molar-refractivity contribution < 1.29 is 9.52 Å². The number of aliphatic hydroxyl groups is 1. The van der Waals surface area contributed by atoms with E-state index in [-0.39, 0.29) is 30.5 Å². The molecule has 4 rings (SSSR count). The Hall–Kier alpha value is -2.39. The number of furan rings is 1. The standard InChI is InChI=1S/C24H28N4O2.HI/c29-23(19-9-12-25-13-10-19)17-27-24(26-14-11-22-6-3-15-30-22)28-21-8-7-18-4-1-2-5-20(18)16-21;/h1-6,9-10,12-13,15,21,23,29H,7-8,11,14,16-17H2,(H2,26,27,28);1H. The summed E-state index contributed by atoms with van der Waals surface area (Å²) in [6.45, 7) is 0.984. The predicted octanol–water partition coefficient (Wildman–Crippen LogP) is 3.66. The molecular weight excluding hydrogens is 503 g/mol. The maximum Gasteiger partial charge on any atom is 0.191 e. The Bertz CT molecular complexity index is 947. The van der Waals surface area contributed by atoms with E-state index >= 15 is 0 Å². The summed E-state index contributed by atoms with van der Waals surface area (Å²) in [5.74, 6) is 1.66. The number of pyridine rings is 1. The first kappa shape index (κ1) is 23.3. The summed E-state index contributed by atoms with van der Waals surface area (Å²) >= 11 is 0. The largest absolute Gasteiger partial charge is 0.469 e. The number of fused-ring (bicyclic) bond motifs is 1. The van der Waals surface area contributed by atoms with Crippen LogP contribution in [0, 0.1) is 0 Å². The lowest BCUT2D eigenvalue weighted by Crippen LogP contribution is -2.46. The molecule has 0 saturated carbocycles. The lowest BCUT2D eigenvalue weighted by atomic mass is 9.88. The number of aryl methyl sites for hydroxylation is 1. The van der Waals surface area contributed by atoms with Crippen LogP contribution in [0.5, 0.6) is 0 Å². The third kappa shape index (κ3) is 6.80. The maximum absolute atomic E-state index is 10.5. The van der Waals surface area contributed by atoms with Gasteiger partial charge in [-0.1, -0.05) is 24.3 Å². The van der Waals surface area contributed by atoms with Crippen LogP contribution in [0.4, 0.5) is 0 Å². The van der Waals surface area contributed by atoms with Gasteiger partial charge in [-0.2, -0.15) is 0 Å². The highest BCUT2D eigenvalue weighted by Gasteiger charge is 2.19. The first-order chi connectivity index (χ1) is 14.8. The average Bonchev–Trinajstić information content (AvgIpc) is 3.31. The number of hydrogen-bond donors (Lipinski definition) is 3. The first-order valence-electron chi connectivity index (χ1n) is 10.5. The van der Waals surface area contributed by atoms with Crippen molar-refractivity contribution in [2.24, 2.45) is 4.99 Å². The van der Waals surface area contributed by atoms with Gasteiger partial charge in [0.2, 0.25) is 0 Å². The number of rotatable bonds is 7. The van der Waals surface area contributed by atoms with Gasteiger partial charge >= 0.3 is 0 Å². The van der Waals surface area contributed by atoms with Gasteiger partial charge in [0.25, 0.3) is 0 Å². The summed E-state index contributed by atoms with van der Waals surface area (Å²) in [7, 11) is 0. The minimum absolute atomic E-state index is 0. The Morgan fingerprint density at radius 3 is 2.71 bits per heavy atom. The van der Waals surface area contributed by atoms with Crippen molar-refractivity contribution in [3.63, 3.8) is 0 Å². The molecule has 2 unspecified atom stereocenters. The highest BCUT2D eigenvalue weighted by Crippen LogP contribution is 2.21. The lowest BCUT2D eigenvalue weighted by Gasteiger charge is -2.27. The number of nitrogens with one attached hydrogen (secondary N) is 2. The van der Waals surface area contributed by atoms with Gasteiger partial charge in [-0.15, -0.1) is 24.0 Å². The van der Waals surface area contributed by atoms with E-state index in [0.29, 0.717) is 12.6 Å². The molecule has 2 atom stereocenters. The normalized spacial score (nSPS) is 16.7. The van der Waals surface area contributed by atoms with E-state index in [9.17, 15) is 5.11 Å². The number of halogens is 1. The maximum atomic E-state index is 10.5. The summed E-state index contributed by atoms with van der Waals surface area (Å²) in [5, 5.41) is 17.4. The van der Waals surface area contributed by atoms with Crippen molar-refractivity contribution >= 4 is 29.9 Å². The molecule has 1 aromatic carbocycles. The molecule has 3 aromatic rings. The minimum Gasteiger partial charge on any atom is -0.469 e. The van der Waals surface area contributed by atoms with Crippen LogP contribution >= 0.6 is 24.0 Å². The molecule has 0 aliphatic heterocycles. The van der Waals surface area contributed by atoms with Crippen LogP contribution in [0.2, 0.25) is 0 Å². The zero-order valence-electron chi connectivity index (χ0n) is 17.4. The van der Waals surface area contributed by atoms with Crippen LogP contribution < -0.4 is 10.6 Å². The van der Waals surface area contributed by atoms with E-state index in [2.05, 4.69) is 44.9 Å². The van der Waals surface area contributed by atoms with Gasteiger partial charge in [0, 0.05) is 31.4 Å². The van der Waals surface area contributed by atoms with Gasteiger partial charge in [0.1, 0.15) is 5.76 Å². The lowest BCUT2D eigenvalue weighted by molar-refractivity contribution is 0.187. The van der Waals surface area contributed by atoms with Crippen molar-refractivity contribution in [3.8, 4) is 0 Å². The van der Waals surface area contributed by atoms with E-state index < -0.39 is 6.10 Å². The molecule has 6 nitrogen and oxygen atoms in total. The van der Waals surface area contributed by atoms with Crippen LogP contribution in [0.1, 0.15) is 35.0 Å². The van der Waals surface area contributed by atoms with E-state index in [4.69, 9.17) is 4.42 Å². The Balaban J connectivity index is 0.00000272. The third-order valence-corrected chi connectivity index (χ3v) is 5.44. The van der Waals surface area contributed by atoms with Gasteiger partial charge < -0.3 is 20.2 Å². The molecule has 0 fully saturated rings. The Morgan fingerprint density at radius 2 is 1.94 bits per heavy atom. The van der Waals surface area contributed by atoms with Crippen molar-refractivity contribution in [2.45, 2.75) is 37.8 Å². The summed E-state index contributed by atoms with van der Waals surface area (Å²) in [4.78, 5) is 8.67. The molecule has 0 radical (unpaired) electrons. The topological polar surface area (TPSA) is 82.7 Å². The van der Waals surface area contributed by atoms with Crippen LogP contribution in [-0.4, -0.2) is 35.2 Å². The summed E-state index contributed by atoms with van der Waals surface area (Å²) in [6.07, 6.45) is 8.26. The van der Waals surface area contributed by atoms with Crippen molar-refractivity contribution in [3.05, 3.63) is 89.6 Å². The molecule has 1 aliphatic rings. The molecule has 0 spiro atoms. The molecule has 2 heterocycles. The molecule has 7 heteroatoms. The van der Waals surface area contributed by atoms with Crippen molar-refractivity contribution in [1.29, 1.82) is 0 Å². The predicted molar refractivity (Wildman–Crippen MR) is 133 cm³/mol.